The summed E-state index contributed by atoms with van der Waals surface area (Å²) in [6, 6.07) is 1.88. The van der Waals surface area contributed by atoms with Gasteiger partial charge in [0.1, 0.15) is 12.3 Å². The Bertz CT molecular complexity index is 535. The second-order valence-electron chi connectivity index (χ2n) is 3.72. The maximum absolute atomic E-state index is 10.8. The number of aryl methyl sites for hydroxylation is 1. The lowest BCUT2D eigenvalue weighted by atomic mass is 10.4. The molecule has 2 rings (SSSR count). The number of rotatable bonds is 5. The molecule has 7 nitrogen and oxygen atoms in total. The number of hydrogen-bond acceptors (Lipinski definition) is 5. The number of aromatic nitrogens is 4. The van der Waals surface area contributed by atoms with Gasteiger partial charge in [-0.2, -0.15) is 5.10 Å². The Morgan fingerprint density at radius 1 is 1.44 bits per heavy atom. The average Bonchev–Trinajstić information content (AvgIpc) is 2.81. The maximum atomic E-state index is 10.8. The number of primary amides is 1. The molecule has 0 saturated carbocycles. The maximum Gasteiger partial charge on any atom is 0.316 e. The minimum Gasteiger partial charge on any atom is -0.461 e. The fourth-order valence-electron chi connectivity index (χ4n) is 1.30. The molecule has 2 aromatic heterocycles. The van der Waals surface area contributed by atoms with Crippen LogP contribution in [0, 0.1) is 6.92 Å². The Balaban J connectivity index is 1.84. The van der Waals surface area contributed by atoms with Gasteiger partial charge in [0.15, 0.2) is 0 Å². The first-order chi connectivity index (χ1) is 8.65. The number of hydrogen-bond donors (Lipinski definition) is 1. The van der Waals surface area contributed by atoms with E-state index < -0.39 is 5.91 Å². The predicted molar refractivity (Wildman–Crippen MR) is 63.0 cm³/mol. The summed E-state index contributed by atoms with van der Waals surface area (Å²) in [5.41, 5.74) is 6.31. The SMILES string of the molecule is Cc1cnc(OCCn2ccc(C(N)=O)n2)nc1. The van der Waals surface area contributed by atoms with Crippen LogP contribution < -0.4 is 10.5 Å². The van der Waals surface area contributed by atoms with Crippen molar-refractivity contribution in [1.82, 2.24) is 19.7 Å². The molecular formula is C11H13N5O2. The van der Waals surface area contributed by atoms with Crippen LogP contribution in [-0.4, -0.2) is 32.3 Å². The highest BCUT2D eigenvalue weighted by Gasteiger charge is 2.04. The summed E-state index contributed by atoms with van der Waals surface area (Å²) >= 11 is 0. The largest absolute Gasteiger partial charge is 0.461 e. The van der Waals surface area contributed by atoms with Crippen LogP contribution in [0.25, 0.3) is 0 Å². The summed E-state index contributed by atoms with van der Waals surface area (Å²) in [5.74, 6) is -0.545. The Morgan fingerprint density at radius 3 is 2.78 bits per heavy atom. The highest BCUT2D eigenvalue weighted by molar-refractivity contribution is 5.90. The van der Waals surface area contributed by atoms with E-state index in [1.807, 2.05) is 6.92 Å². The molecule has 1 amide bonds. The minimum atomic E-state index is -0.545. The van der Waals surface area contributed by atoms with Crippen LogP contribution in [0.1, 0.15) is 16.1 Å². The molecule has 0 radical (unpaired) electrons. The van der Waals surface area contributed by atoms with Gasteiger partial charge in [-0.15, -0.1) is 0 Å². The van der Waals surface area contributed by atoms with Gasteiger partial charge in [0.2, 0.25) is 0 Å². The lowest BCUT2D eigenvalue weighted by Crippen LogP contribution is -2.14. The van der Waals surface area contributed by atoms with Crippen molar-refractivity contribution >= 4 is 5.91 Å². The van der Waals surface area contributed by atoms with E-state index in [0.29, 0.717) is 19.2 Å². The van der Waals surface area contributed by atoms with Gasteiger partial charge in [0.25, 0.3) is 5.91 Å². The van der Waals surface area contributed by atoms with Gasteiger partial charge in [-0.05, 0) is 18.6 Å². The lowest BCUT2D eigenvalue weighted by Gasteiger charge is -2.04. The summed E-state index contributed by atoms with van der Waals surface area (Å²) in [4.78, 5) is 18.8. The molecule has 18 heavy (non-hydrogen) atoms. The molecule has 94 valence electrons. The first-order valence-electron chi connectivity index (χ1n) is 5.40. The number of nitrogens with zero attached hydrogens (tertiary/aromatic N) is 4. The molecule has 0 unspecified atom stereocenters. The first kappa shape index (κ1) is 12.0. The fourth-order valence-corrected chi connectivity index (χ4v) is 1.30. The van der Waals surface area contributed by atoms with Crippen molar-refractivity contribution in [2.75, 3.05) is 6.61 Å². The van der Waals surface area contributed by atoms with E-state index in [0.717, 1.165) is 5.56 Å². The standard InChI is InChI=1S/C11H13N5O2/c1-8-6-13-11(14-7-8)18-5-4-16-3-2-9(15-16)10(12)17/h2-3,6-7H,4-5H2,1H3,(H2,12,17). The third kappa shape index (κ3) is 3.03. The molecule has 0 aliphatic carbocycles. The van der Waals surface area contributed by atoms with Crippen molar-refractivity contribution in [3.63, 3.8) is 0 Å². The van der Waals surface area contributed by atoms with Gasteiger partial charge in [0, 0.05) is 18.6 Å². The van der Waals surface area contributed by atoms with Crippen molar-refractivity contribution < 1.29 is 9.53 Å². The fraction of sp³-hybridized carbons (Fsp3) is 0.273. The monoisotopic (exact) mass is 247 g/mol. The van der Waals surface area contributed by atoms with Crippen LogP contribution in [0.2, 0.25) is 0 Å². The summed E-state index contributed by atoms with van der Waals surface area (Å²) in [6.07, 6.45) is 5.03. The number of carbonyl (C=O) groups is 1. The molecule has 2 heterocycles. The number of amides is 1. The number of carbonyl (C=O) groups excluding carboxylic acids is 1. The second kappa shape index (κ2) is 5.26. The van der Waals surface area contributed by atoms with Gasteiger partial charge < -0.3 is 10.5 Å². The van der Waals surface area contributed by atoms with E-state index in [1.54, 1.807) is 29.3 Å². The average molecular weight is 247 g/mol. The second-order valence-corrected chi connectivity index (χ2v) is 3.72. The Morgan fingerprint density at radius 2 is 2.17 bits per heavy atom. The molecule has 0 aromatic carbocycles. The third-order valence-electron chi connectivity index (χ3n) is 2.20. The quantitative estimate of drug-likeness (QED) is 0.811. The molecule has 0 bridgehead atoms. The first-order valence-corrected chi connectivity index (χ1v) is 5.40. The summed E-state index contributed by atoms with van der Waals surface area (Å²) < 4.78 is 6.91. The van der Waals surface area contributed by atoms with Crippen LogP contribution in [0.4, 0.5) is 0 Å². The van der Waals surface area contributed by atoms with Gasteiger partial charge >= 0.3 is 6.01 Å². The molecule has 2 aromatic rings. The zero-order chi connectivity index (χ0) is 13.0. The lowest BCUT2D eigenvalue weighted by molar-refractivity contribution is 0.0994. The number of nitrogens with two attached hydrogens (primary N) is 1. The molecule has 7 heteroatoms. The van der Waals surface area contributed by atoms with E-state index in [9.17, 15) is 4.79 Å². The molecule has 0 saturated heterocycles. The summed E-state index contributed by atoms with van der Waals surface area (Å²) in [5, 5.41) is 3.98. The normalized spacial score (nSPS) is 10.3. The van der Waals surface area contributed by atoms with Crippen LogP contribution in [0.3, 0.4) is 0 Å². The molecule has 0 aliphatic rings. The zero-order valence-electron chi connectivity index (χ0n) is 9.91. The van der Waals surface area contributed by atoms with Gasteiger partial charge in [0.05, 0.1) is 6.54 Å². The topological polar surface area (TPSA) is 95.9 Å². The van der Waals surface area contributed by atoms with Crippen LogP contribution >= 0.6 is 0 Å². The van der Waals surface area contributed by atoms with Crippen molar-refractivity contribution in [3.8, 4) is 6.01 Å². The highest BCUT2D eigenvalue weighted by Crippen LogP contribution is 2.01. The molecule has 0 atom stereocenters. The highest BCUT2D eigenvalue weighted by atomic mass is 16.5. The van der Waals surface area contributed by atoms with Crippen LogP contribution in [-0.2, 0) is 6.54 Å². The third-order valence-corrected chi connectivity index (χ3v) is 2.20. The Labute approximate surface area is 104 Å². The van der Waals surface area contributed by atoms with Crippen molar-refractivity contribution in [2.24, 2.45) is 5.73 Å². The van der Waals surface area contributed by atoms with Gasteiger partial charge in [-0.25, -0.2) is 9.97 Å². The van der Waals surface area contributed by atoms with E-state index in [2.05, 4.69) is 15.1 Å². The van der Waals surface area contributed by atoms with E-state index in [4.69, 9.17) is 10.5 Å². The predicted octanol–water partition coefficient (Wildman–Crippen LogP) is 0.159. The Kier molecular flexibility index (Phi) is 3.52. The van der Waals surface area contributed by atoms with E-state index >= 15 is 0 Å². The van der Waals surface area contributed by atoms with Crippen molar-refractivity contribution in [1.29, 1.82) is 0 Å². The molecule has 2 N–H and O–H groups in total. The zero-order valence-corrected chi connectivity index (χ0v) is 9.91. The molecule has 0 fully saturated rings. The van der Waals surface area contributed by atoms with Gasteiger partial charge in [-0.1, -0.05) is 0 Å². The summed E-state index contributed by atoms with van der Waals surface area (Å²) in [7, 11) is 0. The van der Waals surface area contributed by atoms with E-state index in [1.165, 1.54) is 0 Å². The molecule has 0 aliphatic heterocycles. The molecule has 0 spiro atoms. The smallest absolute Gasteiger partial charge is 0.316 e. The van der Waals surface area contributed by atoms with Crippen LogP contribution in [0.5, 0.6) is 6.01 Å². The van der Waals surface area contributed by atoms with E-state index in [-0.39, 0.29) is 5.69 Å². The summed E-state index contributed by atoms with van der Waals surface area (Å²) in [6.45, 7) is 2.76. The number of ether oxygens (including phenoxy) is 1. The molecular weight excluding hydrogens is 234 g/mol. The minimum absolute atomic E-state index is 0.238. The van der Waals surface area contributed by atoms with Crippen LogP contribution in [0.15, 0.2) is 24.7 Å². The van der Waals surface area contributed by atoms with Crippen molar-refractivity contribution in [3.05, 3.63) is 35.9 Å². The Hall–Kier alpha value is -2.44. The van der Waals surface area contributed by atoms with Crippen molar-refractivity contribution in [2.45, 2.75) is 13.5 Å². The van der Waals surface area contributed by atoms with Gasteiger partial charge in [-0.3, -0.25) is 9.48 Å².